The number of amides is 2. The van der Waals surface area contributed by atoms with Crippen LogP contribution in [0.1, 0.15) is 32.8 Å². The quantitative estimate of drug-likeness (QED) is 0.857. The van der Waals surface area contributed by atoms with Gasteiger partial charge in [-0.25, -0.2) is 9.59 Å². The third-order valence-electron chi connectivity index (χ3n) is 4.09. The predicted molar refractivity (Wildman–Crippen MR) is 96.6 cm³/mol. The van der Waals surface area contributed by atoms with Crippen LogP contribution in [-0.2, 0) is 16.1 Å². The molecule has 1 aliphatic heterocycles. The van der Waals surface area contributed by atoms with Crippen LogP contribution in [0, 0.1) is 5.92 Å². The molecule has 1 aromatic rings. The molecule has 0 unspecified atom stereocenters. The minimum atomic E-state index is -0.717. The lowest BCUT2D eigenvalue weighted by Gasteiger charge is -2.36. The molecule has 2 amide bonds. The van der Waals surface area contributed by atoms with E-state index in [1.54, 1.807) is 20.8 Å². The van der Waals surface area contributed by atoms with Gasteiger partial charge in [-0.05, 0) is 32.8 Å². The number of β-amino-alcohol motifs (C(OH)–C–C–N with tert-alkyl or cyclic N) is 1. The van der Waals surface area contributed by atoms with Crippen LogP contribution in [-0.4, -0.2) is 53.5 Å². The fourth-order valence-electron chi connectivity index (χ4n) is 2.70. The number of nitrogens with zero attached hydrogens (tertiary/aromatic N) is 1. The number of carbonyl (C=O) groups is 2. The highest BCUT2D eigenvalue weighted by Gasteiger charge is 2.32. The number of aliphatic hydroxyl groups excluding tert-OH is 1. The number of hydrogen-bond acceptors (Lipinski definition) is 5. The van der Waals surface area contributed by atoms with Gasteiger partial charge in [0.1, 0.15) is 12.2 Å². The lowest BCUT2D eigenvalue weighted by atomic mass is 9.94. The van der Waals surface area contributed by atoms with Gasteiger partial charge in [-0.2, -0.15) is 0 Å². The van der Waals surface area contributed by atoms with Gasteiger partial charge in [0.2, 0.25) is 0 Å². The molecule has 1 aliphatic rings. The zero-order valence-electron chi connectivity index (χ0n) is 15.6. The average Bonchev–Trinajstić information content (AvgIpc) is 2.58. The van der Waals surface area contributed by atoms with Crippen LogP contribution >= 0.6 is 0 Å². The predicted octanol–water partition coefficient (Wildman–Crippen LogP) is 2.53. The van der Waals surface area contributed by atoms with E-state index in [9.17, 15) is 14.7 Å². The zero-order valence-corrected chi connectivity index (χ0v) is 15.6. The van der Waals surface area contributed by atoms with E-state index in [4.69, 9.17) is 9.47 Å². The molecule has 2 rings (SSSR count). The Balaban J connectivity index is 1.71. The number of hydrogen-bond donors (Lipinski definition) is 2. The fraction of sp³-hybridized carbons (Fsp3) is 0.579. The normalized spacial score (nSPS) is 20.4. The van der Waals surface area contributed by atoms with Crippen molar-refractivity contribution in [3.8, 4) is 0 Å². The molecule has 0 bridgehead atoms. The molecular weight excluding hydrogens is 336 g/mol. The second-order valence-corrected chi connectivity index (χ2v) is 7.49. The summed E-state index contributed by atoms with van der Waals surface area (Å²) >= 11 is 0. The number of rotatable bonds is 4. The largest absolute Gasteiger partial charge is 0.445 e. The van der Waals surface area contributed by atoms with Crippen molar-refractivity contribution in [1.29, 1.82) is 0 Å². The molecule has 0 aliphatic carbocycles. The Labute approximate surface area is 154 Å². The van der Waals surface area contributed by atoms with Crippen molar-refractivity contribution in [3.05, 3.63) is 35.9 Å². The highest BCUT2D eigenvalue weighted by Crippen LogP contribution is 2.20. The summed E-state index contributed by atoms with van der Waals surface area (Å²) in [7, 11) is 0. The van der Waals surface area contributed by atoms with Crippen molar-refractivity contribution in [2.45, 2.75) is 45.5 Å². The van der Waals surface area contributed by atoms with Gasteiger partial charge >= 0.3 is 12.2 Å². The van der Waals surface area contributed by atoms with Crippen LogP contribution < -0.4 is 5.32 Å². The van der Waals surface area contributed by atoms with E-state index in [0.717, 1.165) is 5.56 Å². The monoisotopic (exact) mass is 364 g/mol. The molecule has 7 nitrogen and oxygen atoms in total. The lowest BCUT2D eigenvalue weighted by Crippen LogP contribution is -2.50. The Morgan fingerprint density at radius 1 is 1.27 bits per heavy atom. The van der Waals surface area contributed by atoms with E-state index >= 15 is 0 Å². The maximum absolute atomic E-state index is 12.1. The summed E-state index contributed by atoms with van der Waals surface area (Å²) in [6.45, 7) is 6.60. The molecule has 7 heteroatoms. The van der Waals surface area contributed by atoms with Crippen LogP contribution in [0.3, 0.4) is 0 Å². The van der Waals surface area contributed by atoms with Gasteiger partial charge in [-0.1, -0.05) is 30.3 Å². The second-order valence-electron chi connectivity index (χ2n) is 7.49. The molecular formula is C19H28N2O5. The number of benzene rings is 1. The van der Waals surface area contributed by atoms with Crippen LogP contribution in [0.15, 0.2) is 30.3 Å². The third kappa shape index (κ3) is 6.55. The number of ether oxygens (including phenoxy) is 2. The lowest BCUT2D eigenvalue weighted by molar-refractivity contribution is -0.0124. The summed E-state index contributed by atoms with van der Waals surface area (Å²) in [6, 6.07) is 9.41. The van der Waals surface area contributed by atoms with Gasteiger partial charge in [-0.3, -0.25) is 0 Å². The molecule has 1 fully saturated rings. The van der Waals surface area contributed by atoms with E-state index in [-0.39, 0.29) is 19.1 Å². The summed E-state index contributed by atoms with van der Waals surface area (Å²) in [4.78, 5) is 25.4. The number of carbonyl (C=O) groups excluding carboxylic acids is 2. The number of nitrogens with one attached hydrogen (secondary N) is 1. The summed E-state index contributed by atoms with van der Waals surface area (Å²) in [5.74, 6) is -0.127. The topological polar surface area (TPSA) is 88.1 Å². The number of alkyl carbamates (subject to hydrolysis) is 1. The SMILES string of the molecule is CC(C)(C)OC(=O)N1CC[C@H](CNC(=O)OCc2ccccc2)[C@@H](O)C1. The van der Waals surface area contributed by atoms with Gasteiger partial charge in [0.15, 0.2) is 0 Å². The van der Waals surface area contributed by atoms with Gasteiger partial charge in [0, 0.05) is 19.0 Å². The number of piperidine rings is 1. The molecule has 0 aromatic heterocycles. The molecule has 0 spiro atoms. The van der Waals surface area contributed by atoms with E-state index in [0.29, 0.717) is 19.5 Å². The van der Waals surface area contributed by atoms with Crippen LogP contribution in [0.4, 0.5) is 9.59 Å². The second kappa shape index (κ2) is 8.89. The highest BCUT2D eigenvalue weighted by atomic mass is 16.6. The van der Waals surface area contributed by atoms with Crippen molar-refractivity contribution in [1.82, 2.24) is 10.2 Å². The smallest absolute Gasteiger partial charge is 0.410 e. The molecule has 1 aromatic carbocycles. The standard InChI is InChI=1S/C19H28N2O5/c1-19(2,3)26-18(24)21-10-9-15(16(22)12-21)11-20-17(23)25-13-14-7-5-4-6-8-14/h4-8,15-16,22H,9-13H2,1-3H3,(H,20,23)/t15-,16+/m1/s1. The maximum Gasteiger partial charge on any atom is 0.410 e. The van der Waals surface area contributed by atoms with Crippen LogP contribution in [0.2, 0.25) is 0 Å². The summed E-state index contributed by atoms with van der Waals surface area (Å²) in [5, 5.41) is 12.9. The van der Waals surface area contributed by atoms with Crippen molar-refractivity contribution in [2.75, 3.05) is 19.6 Å². The van der Waals surface area contributed by atoms with E-state index in [2.05, 4.69) is 5.32 Å². The molecule has 2 N–H and O–H groups in total. The zero-order chi connectivity index (χ0) is 19.2. The Bertz CT molecular complexity index is 600. The van der Waals surface area contributed by atoms with E-state index in [1.807, 2.05) is 30.3 Å². The number of likely N-dealkylation sites (tertiary alicyclic amines) is 1. The molecule has 1 saturated heterocycles. The average molecular weight is 364 g/mol. The van der Waals surface area contributed by atoms with E-state index < -0.39 is 23.9 Å². The van der Waals surface area contributed by atoms with Gasteiger partial charge in [-0.15, -0.1) is 0 Å². The first-order valence-corrected chi connectivity index (χ1v) is 8.85. The minimum Gasteiger partial charge on any atom is -0.445 e. The maximum atomic E-state index is 12.1. The number of aliphatic hydroxyl groups is 1. The molecule has 2 atom stereocenters. The van der Waals surface area contributed by atoms with Gasteiger partial charge < -0.3 is 24.8 Å². The fourth-order valence-corrected chi connectivity index (χ4v) is 2.70. The Hall–Kier alpha value is -2.28. The first kappa shape index (κ1) is 20.0. The molecule has 26 heavy (non-hydrogen) atoms. The third-order valence-corrected chi connectivity index (χ3v) is 4.09. The van der Waals surface area contributed by atoms with Crippen molar-refractivity contribution < 1.29 is 24.2 Å². The van der Waals surface area contributed by atoms with Crippen LogP contribution in [0.25, 0.3) is 0 Å². The van der Waals surface area contributed by atoms with Crippen molar-refractivity contribution in [3.63, 3.8) is 0 Å². The van der Waals surface area contributed by atoms with Crippen molar-refractivity contribution >= 4 is 12.2 Å². The first-order chi connectivity index (χ1) is 12.2. The Morgan fingerprint density at radius 2 is 1.96 bits per heavy atom. The Kier molecular flexibility index (Phi) is 6.85. The molecule has 1 heterocycles. The summed E-state index contributed by atoms with van der Waals surface area (Å²) in [6.07, 6.45) is -1.08. The van der Waals surface area contributed by atoms with Gasteiger partial charge in [0.05, 0.1) is 12.6 Å². The summed E-state index contributed by atoms with van der Waals surface area (Å²) in [5.41, 5.74) is 0.344. The highest BCUT2D eigenvalue weighted by molar-refractivity contribution is 5.68. The summed E-state index contributed by atoms with van der Waals surface area (Å²) < 4.78 is 10.5. The van der Waals surface area contributed by atoms with Gasteiger partial charge in [0.25, 0.3) is 0 Å². The first-order valence-electron chi connectivity index (χ1n) is 8.85. The van der Waals surface area contributed by atoms with E-state index in [1.165, 1.54) is 4.90 Å². The molecule has 0 saturated carbocycles. The molecule has 0 radical (unpaired) electrons. The Morgan fingerprint density at radius 3 is 2.58 bits per heavy atom. The van der Waals surface area contributed by atoms with Crippen molar-refractivity contribution in [2.24, 2.45) is 5.92 Å². The molecule has 144 valence electrons. The van der Waals surface area contributed by atoms with Crippen LogP contribution in [0.5, 0.6) is 0 Å². The minimum absolute atomic E-state index is 0.127.